The number of nitrogens with zero attached hydrogens (tertiary/aromatic N) is 3. The predicted octanol–water partition coefficient (Wildman–Crippen LogP) is 7.46. The molecule has 1 aliphatic rings. The molecular weight excluding hydrogens is 811 g/mol. The maximum Gasteiger partial charge on any atom is 0.409 e. The summed E-state index contributed by atoms with van der Waals surface area (Å²) in [5, 5.41) is 12.4. The number of carboxylic acids is 1. The van der Waals surface area contributed by atoms with Gasteiger partial charge in [0.15, 0.2) is 0 Å². The highest BCUT2D eigenvalue weighted by Crippen LogP contribution is 2.40. The molecule has 2 aromatic rings. The van der Waals surface area contributed by atoms with Gasteiger partial charge in [-0.25, -0.2) is 18.4 Å². The second-order valence-corrected chi connectivity index (χ2v) is 21.5. The molecule has 3 atom stereocenters. The van der Waals surface area contributed by atoms with E-state index in [0.717, 1.165) is 35.5 Å². The van der Waals surface area contributed by atoms with E-state index in [2.05, 4.69) is 23.3 Å². The molecule has 1 aliphatic heterocycles. The lowest BCUT2D eigenvalue weighted by Gasteiger charge is -2.47. The summed E-state index contributed by atoms with van der Waals surface area (Å²) in [5.74, 6) is -4.20. The first-order valence-electron chi connectivity index (χ1n) is 20.3. The average molecular weight is 874 g/mol. The van der Waals surface area contributed by atoms with Gasteiger partial charge in [0.2, 0.25) is 11.8 Å². The minimum Gasteiger partial charge on any atom is -0.480 e. The highest BCUT2D eigenvalue weighted by molar-refractivity contribution is 8.00. The first-order valence-corrected chi connectivity index (χ1v) is 24.2. The van der Waals surface area contributed by atoms with E-state index in [0.29, 0.717) is 31.6 Å². The Hall–Kier alpha value is -4.44. The Bertz CT molecular complexity index is 1800. The van der Waals surface area contributed by atoms with Gasteiger partial charge in [0.1, 0.15) is 23.3 Å². The molecule has 0 spiro atoms. The quantitative estimate of drug-likeness (QED) is 0.0958. The van der Waals surface area contributed by atoms with Gasteiger partial charge in [-0.2, -0.15) is 0 Å². The molecule has 331 valence electrons. The molecule has 0 bridgehead atoms. The number of rotatable bonds is 21. The maximum atomic E-state index is 15.3. The van der Waals surface area contributed by atoms with Gasteiger partial charge in [-0.1, -0.05) is 64.2 Å². The second-order valence-electron chi connectivity index (χ2n) is 17.5. The van der Waals surface area contributed by atoms with Crippen LogP contribution in [0.5, 0.6) is 0 Å². The smallest absolute Gasteiger partial charge is 0.409 e. The van der Waals surface area contributed by atoms with Crippen molar-refractivity contribution in [1.29, 1.82) is 0 Å². The number of aliphatic carboxylic acids is 1. The van der Waals surface area contributed by atoms with Crippen molar-refractivity contribution in [1.82, 2.24) is 20.0 Å². The number of amides is 3. The fourth-order valence-electron chi connectivity index (χ4n) is 6.95. The van der Waals surface area contributed by atoms with Gasteiger partial charge in [0.05, 0.1) is 30.9 Å². The third-order valence-corrected chi connectivity index (χ3v) is 11.9. The van der Waals surface area contributed by atoms with E-state index in [-0.39, 0.29) is 48.9 Å². The highest BCUT2D eigenvalue weighted by Gasteiger charge is 2.44. The number of hydrogen-bond acceptors (Lipinski definition) is 9. The Labute approximate surface area is 360 Å². The third kappa shape index (κ3) is 16.5. The molecule has 3 amide bonds. The van der Waals surface area contributed by atoms with Gasteiger partial charge in [-0.15, -0.1) is 11.8 Å². The van der Waals surface area contributed by atoms with E-state index >= 15 is 4.39 Å². The fourth-order valence-corrected chi connectivity index (χ4v) is 8.38. The summed E-state index contributed by atoms with van der Waals surface area (Å²) < 4.78 is 40.5. The number of thioether (sulfide) groups is 1. The molecule has 2 N–H and O–H groups in total. The zero-order valence-electron chi connectivity index (χ0n) is 36.5. The average Bonchev–Trinajstić information content (AvgIpc) is 3.54. The highest BCUT2D eigenvalue weighted by atomic mass is 32.2. The van der Waals surface area contributed by atoms with Gasteiger partial charge < -0.3 is 34.6 Å². The molecule has 0 saturated heterocycles. The summed E-state index contributed by atoms with van der Waals surface area (Å²) >= 11 is 1.05. The van der Waals surface area contributed by atoms with Crippen LogP contribution in [0.2, 0.25) is 19.1 Å². The van der Waals surface area contributed by atoms with Gasteiger partial charge >= 0.3 is 18.0 Å². The van der Waals surface area contributed by atoms with Crippen LogP contribution in [-0.4, -0.2) is 120 Å². The fraction of sp³-hybridized carbons (Fsp3) is 0.568. The van der Waals surface area contributed by atoms with E-state index in [9.17, 15) is 33.5 Å². The Balaban J connectivity index is 1.90. The van der Waals surface area contributed by atoms with Crippen LogP contribution in [0.1, 0.15) is 78.4 Å². The standard InChI is InChI=1S/C44H63F2N4O8SSi/c1-43(2,3)40(36-24-31(33-25-32(45)16-17-34(33)46)27-49(36)26-30-14-11-10-12-15-30)50(21-13-20-48(7)42(56)57-22-23-60(8)9)38(52)29-59-28-35(41(54)55)47-37(51)18-19-39(53)58-44(4,5)6/h10-12,14-17,25,27,35-36,40H,13,18-24,26,28-29H2,1-9H3,(H,47,51)(H,54,55)/t35-,36?,40-/m0/s1. The lowest BCUT2D eigenvalue weighted by molar-refractivity contribution is -0.155. The van der Waals surface area contributed by atoms with E-state index in [1.807, 2.05) is 57.3 Å². The van der Waals surface area contributed by atoms with Gasteiger partial charge in [-0.3, -0.25) is 14.4 Å². The first kappa shape index (κ1) is 49.9. The number of nitrogens with one attached hydrogen (secondary N) is 1. The van der Waals surface area contributed by atoms with Crippen LogP contribution in [0.25, 0.3) is 5.57 Å². The normalized spacial score (nSPS) is 15.2. The minimum atomic E-state index is -1.33. The number of halogens is 2. The predicted molar refractivity (Wildman–Crippen MR) is 233 cm³/mol. The minimum absolute atomic E-state index is 0.131. The second kappa shape index (κ2) is 23.0. The SMILES string of the molecule is CN(CCCN(C(=O)CSC[C@H](NC(=O)CCC(=O)OC(C)(C)C)C(=O)O)[C@@H](C1CC(c2cc(F)ccc2F)=CN1Cc1ccccc1)C(C)(C)C)C(=O)OCC[Si](C)C. The van der Waals surface area contributed by atoms with E-state index < -0.39 is 73.5 Å². The summed E-state index contributed by atoms with van der Waals surface area (Å²) in [6, 6.07) is 11.7. The molecule has 0 saturated carbocycles. The third-order valence-electron chi connectivity index (χ3n) is 9.72. The van der Waals surface area contributed by atoms with Gasteiger partial charge in [0, 0.05) is 59.4 Å². The van der Waals surface area contributed by atoms with Crippen molar-refractivity contribution in [2.24, 2.45) is 5.41 Å². The number of esters is 1. The zero-order chi connectivity index (χ0) is 44.8. The lowest BCUT2D eigenvalue weighted by Crippen LogP contribution is -2.58. The van der Waals surface area contributed by atoms with Gasteiger partial charge in [-0.05, 0) is 74.4 Å². The first-order chi connectivity index (χ1) is 28.0. The topological polar surface area (TPSA) is 146 Å². The summed E-state index contributed by atoms with van der Waals surface area (Å²) in [7, 11) is 1.08. The molecule has 16 heteroatoms. The molecule has 1 radical (unpaired) electrons. The Morgan fingerprint density at radius 2 is 1.68 bits per heavy atom. The summed E-state index contributed by atoms with van der Waals surface area (Å²) in [6.07, 6.45) is 1.59. The molecule has 0 aromatic heterocycles. The van der Waals surface area contributed by atoms with Crippen LogP contribution >= 0.6 is 11.8 Å². The van der Waals surface area contributed by atoms with Crippen molar-refractivity contribution in [2.45, 2.75) is 117 Å². The molecule has 2 aromatic carbocycles. The number of ether oxygens (including phenoxy) is 2. The van der Waals surface area contributed by atoms with Gasteiger partial charge in [0.25, 0.3) is 0 Å². The lowest BCUT2D eigenvalue weighted by atomic mass is 9.79. The molecule has 0 fully saturated rings. The van der Waals surface area contributed by atoms with E-state index in [1.54, 1.807) is 32.7 Å². The molecule has 60 heavy (non-hydrogen) atoms. The summed E-state index contributed by atoms with van der Waals surface area (Å²) in [5.41, 5.74) is 0.408. The van der Waals surface area contributed by atoms with Crippen molar-refractivity contribution in [3.8, 4) is 0 Å². The molecule has 3 rings (SSSR count). The molecule has 12 nitrogen and oxygen atoms in total. The van der Waals surface area contributed by atoms with Crippen LogP contribution < -0.4 is 5.32 Å². The summed E-state index contributed by atoms with van der Waals surface area (Å²) in [6.45, 7) is 16.7. The van der Waals surface area contributed by atoms with E-state index in [4.69, 9.17) is 9.47 Å². The van der Waals surface area contributed by atoms with Crippen LogP contribution in [0, 0.1) is 17.0 Å². The Morgan fingerprint density at radius 1 is 1.00 bits per heavy atom. The van der Waals surface area contributed by atoms with Crippen molar-refractivity contribution in [2.75, 3.05) is 38.2 Å². The van der Waals surface area contributed by atoms with Crippen LogP contribution in [0.15, 0.2) is 54.7 Å². The molecule has 1 heterocycles. The number of benzene rings is 2. The zero-order valence-corrected chi connectivity index (χ0v) is 38.3. The van der Waals surface area contributed by atoms with Crippen molar-refractivity contribution in [3.05, 3.63) is 77.5 Å². The molecular formula is C44H63F2N4O8SSi. The molecule has 0 aliphatic carbocycles. The van der Waals surface area contributed by atoms with Crippen LogP contribution in [0.4, 0.5) is 13.6 Å². The van der Waals surface area contributed by atoms with Crippen molar-refractivity contribution < 1.29 is 47.3 Å². The Kier molecular flexibility index (Phi) is 19.1. The van der Waals surface area contributed by atoms with Crippen molar-refractivity contribution in [3.63, 3.8) is 0 Å². The van der Waals surface area contributed by atoms with Crippen molar-refractivity contribution >= 4 is 56.0 Å². The Morgan fingerprint density at radius 3 is 2.30 bits per heavy atom. The number of carbonyl (C=O) groups excluding carboxylic acids is 4. The maximum absolute atomic E-state index is 15.3. The van der Waals surface area contributed by atoms with E-state index in [1.165, 1.54) is 11.0 Å². The largest absolute Gasteiger partial charge is 0.480 e. The summed E-state index contributed by atoms with van der Waals surface area (Å²) in [4.78, 5) is 69.7. The van der Waals surface area contributed by atoms with Crippen LogP contribution in [-0.2, 0) is 35.2 Å². The molecule has 1 unspecified atom stereocenters. The number of carboxylic acid groups (broad SMARTS) is 1. The number of carbonyl (C=O) groups is 5. The van der Waals surface area contributed by atoms with Crippen LogP contribution in [0.3, 0.4) is 0 Å². The monoisotopic (exact) mass is 873 g/mol. The number of hydrogen-bond donors (Lipinski definition) is 2.